The van der Waals surface area contributed by atoms with E-state index in [1.807, 2.05) is 0 Å². The highest BCUT2D eigenvalue weighted by atomic mass is 35.5. The van der Waals surface area contributed by atoms with Crippen molar-refractivity contribution >= 4 is 29.4 Å². The third kappa shape index (κ3) is 6.70. The second-order valence-electron chi connectivity index (χ2n) is 7.32. The molecule has 0 radical (unpaired) electrons. The lowest BCUT2D eigenvalue weighted by molar-refractivity contribution is -0.0182. The number of amides is 1. The predicted octanol–water partition coefficient (Wildman–Crippen LogP) is 2.44. The normalized spacial score (nSPS) is 16.9. The van der Waals surface area contributed by atoms with Crippen LogP contribution in [0.5, 0.6) is 5.75 Å². The van der Waals surface area contributed by atoms with Crippen LogP contribution in [0.4, 0.5) is 10.1 Å². The minimum Gasteiger partial charge on any atom is -0.488 e. The Hall–Kier alpha value is -2.59. The van der Waals surface area contributed by atoms with E-state index in [4.69, 9.17) is 21.1 Å². The fourth-order valence-corrected chi connectivity index (χ4v) is 3.43. The highest BCUT2D eigenvalue weighted by molar-refractivity contribution is 6.30. The molecule has 172 valence electrons. The quantitative estimate of drug-likeness (QED) is 0.555. The monoisotopic (exact) mass is 463 g/mol. The molecular formula is C22H27ClFN5O3. The minimum absolute atomic E-state index is 0.0184. The minimum atomic E-state index is -0.513. The molecule has 2 aromatic rings. The zero-order valence-electron chi connectivity index (χ0n) is 18.1. The van der Waals surface area contributed by atoms with Gasteiger partial charge in [0.15, 0.2) is 0 Å². The van der Waals surface area contributed by atoms with Crippen molar-refractivity contribution in [3.63, 3.8) is 0 Å². The molecule has 1 amide bonds. The van der Waals surface area contributed by atoms with Crippen molar-refractivity contribution in [1.82, 2.24) is 20.5 Å². The first-order chi connectivity index (χ1) is 15.5. The van der Waals surface area contributed by atoms with Gasteiger partial charge in [0.05, 0.1) is 34.7 Å². The van der Waals surface area contributed by atoms with E-state index < -0.39 is 5.82 Å². The van der Waals surface area contributed by atoms with Gasteiger partial charge in [0, 0.05) is 51.7 Å². The second kappa shape index (κ2) is 11.9. The van der Waals surface area contributed by atoms with Gasteiger partial charge in [-0.25, -0.2) is 4.39 Å². The molecule has 2 N–H and O–H groups in total. The van der Waals surface area contributed by atoms with Gasteiger partial charge in [0.2, 0.25) is 0 Å². The molecule has 1 atom stereocenters. The topological polar surface area (TPSA) is 88.1 Å². The van der Waals surface area contributed by atoms with Gasteiger partial charge >= 0.3 is 0 Å². The van der Waals surface area contributed by atoms with Crippen LogP contribution >= 0.6 is 11.6 Å². The molecule has 32 heavy (non-hydrogen) atoms. The maximum atomic E-state index is 13.3. The molecule has 1 aliphatic heterocycles. The van der Waals surface area contributed by atoms with E-state index in [1.54, 1.807) is 19.3 Å². The Morgan fingerprint density at radius 3 is 3.06 bits per heavy atom. The Morgan fingerprint density at radius 2 is 2.31 bits per heavy atom. The Bertz CT molecular complexity index is 959. The van der Waals surface area contributed by atoms with Gasteiger partial charge in [-0.3, -0.25) is 14.8 Å². The van der Waals surface area contributed by atoms with Crippen molar-refractivity contribution in [2.45, 2.75) is 12.6 Å². The van der Waals surface area contributed by atoms with Crippen molar-refractivity contribution in [1.29, 1.82) is 0 Å². The maximum absolute atomic E-state index is 13.3. The van der Waals surface area contributed by atoms with Crippen LogP contribution in [0.15, 0.2) is 35.5 Å². The molecular weight excluding hydrogens is 437 g/mol. The van der Waals surface area contributed by atoms with E-state index in [2.05, 4.69) is 32.6 Å². The number of morpholine rings is 1. The molecule has 1 saturated heterocycles. The molecule has 1 fully saturated rings. The summed E-state index contributed by atoms with van der Waals surface area (Å²) in [7, 11) is 3.63. The standard InChI is InChI=1S/C22H27ClFN5O3/c1-25-22(30)17-5-6-27-20(13-26-12-16-14-29(2)8-10-32-16)21(17)28-7-9-31-15-3-4-19(24)18(23)11-15/h3-7,11,16,26H,8-10,12-14H2,1-2H3,(H,25,30)/b28-7+. The molecule has 0 spiro atoms. The summed E-state index contributed by atoms with van der Waals surface area (Å²) in [5.74, 6) is -0.357. The largest absolute Gasteiger partial charge is 0.488 e. The van der Waals surface area contributed by atoms with Crippen LogP contribution in [-0.4, -0.2) is 75.1 Å². The van der Waals surface area contributed by atoms with E-state index in [0.29, 0.717) is 42.4 Å². The van der Waals surface area contributed by atoms with Crippen LogP contribution < -0.4 is 15.4 Å². The number of aliphatic imine (C=N–C) groups is 1. The molecule has 1 aromatic heterocycles. The van der Waals surface area contributed by atoms with Crippen molar-refractivity contribution < 1.29 is 18.7 Å². The highest BCUT2D eigenvalue weighted by Gasteiger charge is 2.18. The van der Waals surface area contributed by atoms with Crippen molar-refractivity contribution in [3.05, 3.63) is 52.6 Å². The summed E-state index contributed by atoms with van der Waals surface area (Å²) in [4.78, 5) is 23.4. The Balaban J connectivity index is 1.66. The summed E-state index contributed by atoms with van der Waals surface area (Å²) in [5, 5.41) is 5.95. The predicted molar refractivity (Wildman–Crippen MR) is 122 cm³/mol. The number of hydrogen-bond acceptors (Lipinski definition) is 7. The Morgan fingerprint density at radius 1 is 1.47 bits per heavy atom. The average molecular weight is 464 g/mol. The fourth-order valence-electron chi connectivity index (χ4n) is 3.26. The first-order valence-corrected chi connectivity index (χ1v) is 10.7. The van der Waals surface area contributed by atoms with Crippen LogP contribution in [0.25, 0.3) is 0 Å². The van der Waals surface area contributed by atoms with Gasteiger partial charge in [0.25, 0.3) is 5.91 Å². The molecule has 10 heteroatoms. The molecule has 0 bridgehead atoms. The smallest absolute Gasteiger partial charge is 0.253 e. The summed E-state index contributed by atoms with van der Waals surface area (Å²) in [6.45, 7) is 3.69. The van der Waals surface area contributed by atoms with E-state index in [1.165, 1.54) is 24.4 Å². The van der Waals surface area contributed by atoms with Crippen molar-refractivity contribution in [3.8, 4) is 5.75 Å². The summed E-state index contributed by atoms with van der Waals surface area (Å²) in [5.41, 5.74) is 1.51. The van der Waals surface area contributed by atoms with Gasteiger partial charge in [-0.15, -0.1) is 0 Å². The number of benzene rings is 1. The average Bonchev–Trinajstić information content (AvgIpc) is 2.79. The SMILES string of the molecule is CNC(=O)c1ccnc(CNCC2CN(C)CCO2)c1/N=C/COc1ccc(F)c(Cl)c1. The van der Waals surface area contributed by atoms with Crippen molar-refractivity contribution in [2.75, 3.05) is 46.9 Å². The van der Waals surface area contributed by atoms with Gasteiger partial charge in [-0.05, 0) is 25.2 Å². The number of nitrogens with one attached hydrogen (secondary N) is 2. The number of halogens is 2. The first kappa shape index (κ1) is 24.1. The lowest BCUT2D eigenvalue weighted by Crippen LogP contribution is -2.44. The van der Waals surface area contributed by atoms with Crippen LogP contribution in [0, 0.1) is 5.82 Å². The number of aromatic nitrogens is 1. The van der Waals surface area contributed by atoms with Gasteiger partial charge in [0.1, 0.15) is 18.2 Å². The Labute approximate surface area is 191 Å². The highest BCUT2D eigenvalue weighted by Crippen LogP contribution is 2.23. The van der Waals surface area contributed by atoms with Gasteiger partial charge in [-0.1, -0.05) is 11.6 Å². The maximum Gasteiger partial charge on any atom is 0.253 e. The Kier molecular flexibility index (Phi) is 8.92. The van der Waals surface area contributed by atoms with E-state index in [9.17, 15) is 9.18 Å². The molecule has 3 rings (SSSR count). The number of carbonyl (C=O) groups excluding carboxylic acids is 1. The van der Waals surface area contributed by atoms with Crippen molar-refractivity contribution in [2.24, 2.45) is 4.99 Å². The third-order valence-corrected chi connectivity index (χ3v) is 5.20. The number of likely N-dealkylation sites (N-methyl/N-ethyl adjacent to an activating group) is 1. The third-order valence-electron chi connectivity index (χ3n) is 4.91. The van der Waals surface area contributed by atoms with E-state index in [-0.39, 0.29) is 23.6 Å². The number of hydrogen-bond donors (Lipinski definition) is 2. The lowest BCUT2D eigenvalue weighted by atomic mass is 10.1. The van der Waals surface area contributed by atoms with E-state index >= 15 is 0 Å². The van der Waals surface area contributed by atoms with E-state index in [0.717, 1.165) is 13.1 Å². The molecule has 1 aliphatic rings. The molecule has 1 unspecified atom stereocenters. The molecule has 0 saturated carbocycles. The second-order valence-corrected chi connectivity index (χ2v) is 7.72. The summed E-state index contributed by atoms with van der Waals surface area (Å²) in [6.07, 6.45) is 3.21. The fraction of sp³-hybridized carbons (Fsp3) is 0.409. The number of rotatable bonds is 9. The molecule has 8 nitrogen and oxygen atoms in total. The molecule has 0 aliphatic carbocycles. The summed E-state index contributed by atoms with van der Waals surface area (Å²) >= 11 is 5.77. The summed E-state index contributed by atoms with van der Waals surface area (Å²) in [6, 6.07) is 5.73. The van der Waals surface area contributed by atoms with Crippen LogP contribution in [0.1, 0.15) is 16.1 Å². The number of nitrogens with zero attached hydrogens (tertiary/aromatic N) is 3. The van der Waals surface area contributed by atoms with Crippen LogP contribution in [0.3, 0.4) is 0 Å². The zero-order chi connectivity index (χ0) is 22.9. The molecule has 1 aromatic carbocycles. The van der Waals surface area contributed by atoms with Crippen LogP contribution in [-0.2, 0) is 11.3 Å². The number of pyridine rings is 1. The van der Waals surface area contributed by atoms with Crippen LogP contribution in [0.2, 0.25) is 5.02 Å². The lowest BCUT2D eigenvalue weighted by Gasteiger charge is -2.30. The summed E-state index contributed by atoms with van der Waals surface area (Å²) < 4.78 is 24.6. The number of carbonyl (C=O) groups is 1. The zero-order valence-corrected chi connectivity index (χ0v) is 18.9. The first-order valence-electron chi connectivity index (χ1n) is 10.3. The molecule has 2 heterocycles. The van der Waals surface area contributed by atoms with Gasteiger partial charge in [-0.2, -0.15) is 0 Å². The van der Waals surface area contributed by atoms with Gasteiger partial charge < -0.3 is 25.0 Å². The number of ether oxygens (including phenoxy) is 2.